The Balaban J connectivity index is 1.70. The van der Waals surface area contributed by atoms with E-state index >= 15 is 0 Å². The number of pyridine rings is 1. The van der Waals surface area contributed by atoms with Crippen molar-refractivity contribution in [1.29, 1.82) is 0 Å². The first-order valence-corrected chi connectivity index (χ1v) is 8.28. The van der Waals surface area contributed by atoms with Gasteiger partial charge in [0.15, 0.2) is 5.65 Å². The molecule has 0 aliphatic carbocycles. The Morgan fingerprint density at radius 2 is 2.17 bits per heavy atom. The number of amides is 2. The number of nitrogens with zero attached hydrogens (tertiary/aromatic N) is 3. The van der Waals surface area contributed by atoms with Crippen LogP contribution in [0.1, 0.15) is 22.3 Å². The number of aromatic nitrogens is 3. The lowest BCUT2D eigenvalue weighted by Gasteiger charge is -2.13. The first kappa shape index (κ1) is 16.1. The van der Waals surface area contributed by atoms with Gasteiger partial charge in [-0.05, 0) is 31.4 Å². The maximum Gasteiger partial charge on any atom is 0.261 e. The molecule has 8 heteroatoms. The van der Waals surface area contributed by atoms with Gasteiger partial charge in [0, 0.05) is 12.4 Å². The summed E-state index contributed by atoms with van der Waals surface area (Å²) in [7, 11) is 1.82. The molecule has 0 spiro atoms. The molecule has 0 fully saturated rings. The van der Waals surface area contributed by atoms with E-state index < -0.39 is 6.04 Å². The van der Waals surface area contributed by atoms with Crippen molar-refractivity contribution in [2.45, 2.75) is 19.9 Å². The molecule has 24 heavy (non-hydrogen) atoms. The first-order chi connectivity index (χ1) is 11.5. The molecule has 0 saturated carbocycles. The topological polar surface area (TPSA) is 88.9 Å². The van der Waals surface area contributed by atoms with E-state index in [1.807, 2.05) is 25.4 Å². The van der Waals surface area contributed by atoms with Crippen LogP contribution in [0.15, 0.2) is 29.8 Å². The quantitative estimate of drug-likeness (QED) is 0.759. The average Bonchev–Trinajstić information content (AvgIpc) is 3.17. The summed E-state index contributed by atoms with van der Waals surface area (Å²) >= 11 is 1.33. The van der Waals surface area contributed by atoms with Crippen LogP contribution in [0.3, 0.4) is 0 Å². The van der Waals surface area contributed by atoms with E-state index in [2.05, 4.69) is 20.7 Å². The zero-order chi connectivity index (χ0) is 17.3. The van der Waals surface area contributed by atoms with Crippen molar-refractivity contribution >= 4 is 39.9 Å². The number of nitrogens with one attached hydrogen (secondary N) is 2. The smallest absolute Gasteiger partial charge is 0.261 e. The first-order valence-electron chi connectivity index (χ1n) is 7.40. The molecule has 0 aliphatic rings. The van der Waals surface area contributed by atoms with Gasteiger partial charge in [0.1, 0.15) is 6.04 Å². The third-order valence-electron chi connectivity index (χ3n) is 3.62. The Morgan fingerprint density at radius 3 is 2.88 bits per heavy atom. The minimum absolute atomic E-state index is 0.260. The fourth-order valence-corrected chi connectivity index (χ4v) is 2.99. The molecule has 2 amide bonds. The molecule has 2 N–H and O–H groups in total. The van der Waals surface area contributed by atoms with Crippen LogP contribution in [0.25, 0.3) is 11.0 Å². The van der Waals surface area contributed by atoms with E-state index in [0.29, 0.717) is 10.6 Å². The predicted octanol–water partition coefficient (Wildman–Crippen LogP) is 2.10. The Morgan fingerprint density at radius 1 is 1.38 bits per heavy atom. The molecule has 0 bridgehead atoms. The van der Waals surface area contributed by atoms with Crippen molar-refractivity contribution in [3.63, 3.8) is 0 Å². The van der Waals surface area contributed by atoms with E-state index in [9.17, 15) is 9.59 Å². The fourth-order valence-electron chi connectivity index (χ4n) is 2.37. The van der Waals surface area contributed by atoms with Crippen LogP contribution in [-0.2, 0) is 11.8 Å². The van der Waals surface area contributed by atoms with Crippen molar-refractivity contribution in [2.24, 2.45) is 7.05 Å². The Bertz CT molecular complexity index is 901. The zero-order valence-corrected chi connectivity index (χ0v) is 14.3. The molecule has 3 aromatic rings. The van der Waals surface area contributed by atoms with Crippen LogP contribution in [0, 0.1) is 6.92 Å². The zero-order valence-electron chi connectivity index (χ0n) is 13.5. The van der Waals surface area contributed by atoms with Crippen LogP contribution < -0.4 is 10.6 Å². The molecular formula is C16H17N5O2S. The summed E-state index contributed by atoms with van der Waals surface area (Å²) in [6.07, 6.45) is 1.58. The van der Waals surface area contributed by atoms with Crippen LogP contribution in [0.5, 0.6) is 0 Å². The predicted molar refractivity (Wildman–Crippen MR) is 93.1 cm³/mol. The van der Waals surface area contributed by atoms with Crippen LogP contribution >= 0.6 is 11.3 Å². The van der Waals surface area contributed by atoms with Gasteiger partial charge in [-0.3, -0.25) is 14.3 Å². The third-order valence-corrected chi connectivity index (χ3v) is 4.48. The van der Waals surface area contributed by atoms with Crippen LogP contribution in [0.4, 0.5) is 5.69 Å². The maximum atomic E-state index is 12.3. The van der Waals surface area contributed by atoms with Gasteiger partial charge >= 0.3 is 0 Å². The summed E-state index contributed by atoms with van der Waals surface area (Å²) in [6, 6.07) is 4.68. The minimum atomic E-state index is -0.662. The Hall–Kier alpha value is -2.74. The number of hydrogen-bond donors (Lipinski definition) is 2. The molecule has 0 aliphatic heterocycles. The fraction of sp³-hybridized carbons (Fsp3) is 0.250. The summed E-state index contributed by atoms with van der Waals surface area (Å²) in [5, 5.41) is 12.4. The SMILES string of the molecule is Cc1nn(C)c2ncc(NC(=O)C(C)NC(=O)c3cccs3)cc12. The number of carbonyl (C=O) groups excluding carboxylic acids is 2. The standard InChI is InChI=1S/C16H17N5O2S/c1-9-12-7-11(8-17-14(12)21(3)20-9)19-15(22)10(2)18-16(23)13-5-4-6-24-13/h4-8,10H,1-3H3,(H,18,23)(H,19,22). The molecule has 7 nitrogen and oxygen atoms in total. The van der Waals surface area contributed by atoms with E-state index in [-0.39, 0.29) is 11.8 Å². The van der Waals surface area contributed by atoms with Crippen molar-refractivity contribution in [1.82, 2.24) is 20.1 Å². The monoisotopic (exact) mass is 343 g/mol. The van der Waals surface area contributed by atoms with E-state index in [4.69, 9.17) is 0 Å². The van der Waals surface area contributed by atoms with Gasteiger partial charge in [0.05, 0.1) is 22.5 Å². The largest absolute Gasteiger partial charge is 0.340 e. The van der Waals surface area contributed by atoms with Gasteiger partial charge in [-0.1, -0.05) is 6.07 Å². The van der Waals surface area contributed by atoms with Crippen molar-refractivity contribution in [3.8, 4) is 0 Å². The van der Waals surface area contributed by atoms with E-state index in [0.717, 1.165) is 16.7 Å². The Kier molecular flexibility index (Phi) is 4.30. The number of anilines is 1. The number of rotatable bonds is 4. The van der Waals surface area contributed by atoms with Gasteiger partial charge in [-0.2, -0.15) is 5.10 Å². The van der Waals surface area contributed by atoms with Gasteiger partial charge in [-0.25, -0.2) is 4.98 Å². The van der Waals surface area contributed by atoms with Crippen molar-refractivity contribution in [2.75, 3.05) is 5.32 Å². The molecule has 0 radical (unpaired) electrons. The molecule has 124 valence electrons. The minimum Gasteiger partial charge on any atom is -0.340 e. The van der Waals surface area contributed by atoms with Crippen molar-refractivity contribution < 1.29 is 9.59 Å². The molecule has 0 saturated heterocycles. The molecule has 0 aromatic carbocycles. The number of thiophene rings is 1. The van der Waals surface area contributed by atoms with Gasteiger partial charge in [-0.15, -0.1) is 11.3 Å². The highest BCUT2D eigenvalue weighted by Crippen LogP contribution is 2.19. The third kappa shape index (κ3) is 3.13. The Labute approximate surface area is 142 Å². The second-order valence-electron chi connectivity index (χ2n) is 5.47. The average molecular weight is 343 g/mol. The van der Waals surface area contributed by atoms with Crippen LogP contribution in [-0.4, -0.2) is 32.6 Å². The highest BCUT2D eigenvalue weighted by molar-refractivity contribution is 7.12. The molecule has 3 rings (SSSR count). The number of aryl methyl sites for hydroxylation is 2. The summed E-state index contributed by atoms with van der Waals surface area (Å²) in [4.78, 5) is 29.2. The van der Waals surface area contributed by atoms with Crippen molar-refractivity contribution in [3.05, 3.63) is 40.3 Å². The maximum absolute atomic E-state index is 12.3. The molecule has 1 atom stereocenters. The van der Waals surface area contributed by atoms with Gasteiger partial charge in [0.2, 0.25) is 5.91 Å². The van der Waals surface area contributed by atoms with Crippen LogP contribution in [0.2, 0.25) is 0 Å². The van der Waals surface area contributed by atoms with E-state index in [1.165, 1.54) is 11.3 Å². The summed E-state index contributed by atoms with van der Waals surface area (Å²) in [6.45, 7) is 3.53. The lowest BCUT2D eigenvalue weighted by molar-refractivity contribution is -0.117. The number of carbonyl (C=O) groups is 2. The second-order valence-corrected chi connectivity index (χ2v) is 6.41. The molecule has 1 unspecified atom stereocenters. The number of hydrogen-bond acceptors (Lipinski definition) is 5. The molecule has 3 aromatic heterocycles. The number of fused-ring (bicyclic) bond motifs is 1. The normalized spacial score (nSPS) is 12.1. The highest BCUT2D eigenvalue weighted by Gasteiger charge is 2.18. The summed E-state index contributed by atoms with van der Waals surface area (Å²) in [5.41, 5.74) is 2.17. The lowest BCUT2D eigenvalue weighted by Crippen LogP contribution is -2.41. The highest BCUT2D eigenvalue weighted by atomic mass is 32.1. The second kappa shape index (κ2) is 6.40. The summed E-state index contributed by atoms with van der Waals surface area (Å²) in [5.74, 6) is -0.563. The molecular weight excluding hydrogens is 326 g/mol. The van der Waals surface area contributed by atoms with Gasteiger partial charge in [0.25, 0.3) is 5.91 Å². The lowest BCUT2D eigenvalue weighted by atomic mass is 10.2. The summed E-state index contributed by atoms with van der Waals surface area (Å²) < 4.78 is 1.69. The van der Waals surface area contributed by atoms with E-state index in [1.54, 1.807) is 29.9 Å². The molecule has 3 heterocycles. The van der Waals surface area contributed by atoms with Gasteiger partial charge < -0.3 is 10.6 Å².